The number of sulfonamides is 1. The molecule has 1 heterocycles. The quantitative estimate of drug-likeness (QED) is 0.392. The van der Waals surface area contributed by atoms with Crippen LogP contribution in [0, 0.1) is 0 Å². The van der Waals surface area contributed by atoms with Crippen molar-refractivity contribution in [2.45, 2.75) is 63.3 Å². The number of benzene rings is 2. The predicted octanol–water partition coefficient (Wildman–Crippen LogP) is 4.45. The van der Waals surface area contributed by atoms with Crippen LogP contribution in [0.25, 0.3) is 0 Å². The molecule has 1 saturated heterocycles. The van der Waals surface area contributed by atoms with Crippen molar-refractivity contribution < 1.29 is 18.3 Å². The highest BCUT2D eigenvalue weighted by Crippen LogP contribution is 2.38. The number of para-hydroxylation sites is 1. The molecule has 1 fully saturated rings. The molecule has 0 bridgehead atoms. The topological polar surface area (TPSA) is 102 Å². The highest BCUT2D eigenvalue weighted by atomic mass is 32.2. The molecule has 0 amide bonds. The molecule has 202 valence electrons. The Morgan fingerprint density at radius 2 is 1.81 bits per heavy atom. The fraction of sp³-hybridized carbons (Fsp3) is 0.536. The van der Waals surface area contributed by atoms with Gasteiger partial charge < -0.3 is 15.3 Å². The van der Waals surface area contributed by atoms with E-state index in [9.17, 15) is 18.3 Å². The zero-order valence-corrected chi connectivity index (χ0v) is 23.0. The number of hydrogen-bond acceptors (Lipinski definition) is 6. The third kappa shape index (κ3) is 6.45. The molecule has 1 aliphatic carbocycles. The van der Waals surface area contributed by atoms with Crippen LogP contribution in [0.1, 0.15) is 67.4 Å². The fourth-order valence-electron chi connectivity index (χ4n) is 5.58. The Kier molecular flexibility index (Phi) is 8.77. The van der Waals surface area contributed by atoms with Crippen molar-refractivity contribution in [2.24, 2.45) is 0 Å². The van der Waals surface area contributed by atoms with Gasteiger partial charge in [-0.15, -0.1) is 0 Å². The lowest BCUT2D eigenvalue weighted by Gasteiger charge is -2.36. The number of carboxylic acid groups (broad SMARTS) is 1. The summed E-state index contributed by atoms with van der Waals surface area (Å²) in [5.41, 5.74) is 2.45. The Morgan fingerprint density at radius 3 is 2.51 bits per heavy atom. The Hall–Kier alpha value is -2.62. The van der Waals surface area contributed by atoms with Crippen LogP contribution in [-0.4, -0.2) is 74.6 Å². The number of fused-ring (bicyclic) bond motifs is 1. The molecule has 0 aromatic heterocycles. The summed E-state index contributed by atoms with van der Waals surface area (Å²) in [6.45, 7) is 12.3. The molecule has 37 heavy (non-hydrogen) atoms. The number of carboxylic acids is 1. The molecule has 4 rings (SSSR count). The maximum absolute atomic E-state index is 13.5. The maximum Gasteiger partial charge on any atom is 0.338 e. The zero-order valence-electron chi connectivity index (χ0n) is 22.2. The second-order valence-corrected chi connectivity index (χ2v) is 12.2. The van der Waals surface area contributed by atoms with Gasteiger partial charge in [-0.05, 0) is 81.3 Å². The van der Waals surface area contributed by atoms with Gasteiger partial charge in [0.2, 0.25) is 0 Å². The SMILES string of the molecule is CC1CCCc2ccc(NS(=O)(=O)c3ccccc3NCCCN3CCN(C(C)C)CC3)c(C(=O)O)c21. The van der Waals surface area contributed by atoms with Crippen LogP contribution in [0.15, 0.2) is 41.3 Å². The van der Waals surface area contributed by atoms with Gasteiger partial charge in [0.1, 0.15) is 4.90 Å². The fourth-order valence-corrected chi connectivity index (χ4v) is 6.83. The lowest BCUT2D eigenvalue weighted by atomic mass is 9.80. The van der Waals surface area contributed by atoms with E-state index >= 15 is 0 Å². The van der Waals surface area contributed by atoms with Gasteiger partial charge in [0.15, 0.2) is 0 Å². The maximum atomic E-state index is 13.5. The lowest BCUT2D eigenvalue weighted by molar-refractivity contribution is 0.0696. The van der Waals surface area contributed by atoms with Crippen molar-refractivity contribution in [3.63, 3.8) is 0 Å². The van der Waals surface area contributed by atoms with Gasteiger partial charge in [0.25, 0.3) is 10.0 Å². The minimum absolute atomic E-state index is 0.0660. The standard InChI is InChI=1S/C28H40N4O4S/c1-20(2)32-18-16-31(17-19-32)15-7-14-29-23-10-4-5-11-25(23)37(35,36)30-24-13-12-22-9-6-8-21(3)26(22)27(24)28(33)34/h4-5,10-13,20-21,29-30H,6-9,14-19H2,1-3H3,(H,33,34). The summed E-state index contributed by atoms with van der Waals surface area (Å²) in [7, 11) is -4.01. The second-order valence-electron chi connectivity index (χ2n) is 10.5. The summed E-state index contributed by atoms with van der Waals surface area (Å²) in [6, 6.07) is 10.8. The molecule has 0 spiro atoms. The summed E-state index contributed by atoms with van der Waals surface area (Å²) in [6.07, 6.45) is 3.61. The minimum Gasteiger partial charge on any atom is -0.478 e. The van der Waals surface area contributed by atoms with Crippen molar-refractivity contribution in [1.82, 2.24) is 9.80 Å². The highest BCUT2D eigenvalue weighted by molar-refractivity contribution is 7.92. The van der Waals surface area contributed by atoms with Gasteiger partial charge in [-0.25, -0.2) is 13.2 Å². The Balaban J connectivity index is 1.44. The van der Waals surface area contributed by atoms with Crippen LogP contribution < -0.4 is 10.0 Å². The summed E-state index contributed by atoms with van der Waals surface area (Å²) in [4.78, 5) is 17.3. The van der Waals surface area contributed by atoms with E-state index in [2.05, 4.69) is 33.7 Å². The molecule has 8 nitrogen and oxygen atoms in total. The first-order valence-electron chi connectivity index (χ1n) is 13.4. The molecule has 0 radical (unpaired) electrons. The highest BCUT2D eigenvalue weighted by Gasteiger charge is 2.28. The van der Waals surface area contributed by atoms with E-state index < -0.39 is 16.0 Å². The number of rotatable bonds is 10. The van der Waals surface area contributed by atoms with Crippen molar-refractivity contribution in [3.8, 4) is 0 Å². The third-order valence-electron chi connectivity index (χ3n) is 7.65. The van der Waals surface area contributed by atoms with Gasteiger partial charge in [0.05, 0.1) is 16.9 Å². The molecular weight excluding hydrogens is 488 g/mol. The Bertz CT molecular complexity index is 1210. The van der Waals surface area contributed by atoms with E-state index in [1.54, 1.807) is 30.3 Å². The van der Waals surface area contributed by atoms with E-state index in [0.29, 0.717) is 18.3 Å². The van der Waals surface area contributed by atoms with Crippen LogP contribution in [0.2, 0.25) is 0 Å². The number of carbonyl (C=O) groups is 1. The molecule has 1 aliphatic heterocycles. The number of piperazine rings is 1. The second kappa shape index (κ2) is 11.8. The normalized spacial score (nSPS) is 19.0. The average Bonchev–Trinajstić information content (AvgIpc) is 2.87. The lowest BCUT2D eigenvalue weighted by Crippen LogP contribution is -2.49. The summed E-state index contributed by atoms with van der Waals surface area (Å²) in [5, 5.41) is 13.3. The number of nitrogens with zero attached hydrogens (tertiary/aromatic N) is 2. The van der Waals surface area contributed by atoms with Gasteiger partial charge in [0, 0.05) is 38.8 Å². The van der Waals surface area contributed by atoms with Crippen molar-refractivity contribution >= 4 is 27.4 Å². The van der Waals surface area contributed by atoms with Crippen LogP contribution in [0.5, 0.6) is 0 Å². The minimum atomic E-state index is -4.01. The zero-order chi connectivity index (χ0) is 26.6. The molecule has 2 aliphatic rings. The van der Waals surface area contributed by atoms with Crippen molar-refractivity contribution in [2.75, 3.05) is 49.3 Å². The summed E-state index contributed by atoms with van der Waals surface area (Å²) in [5.74, 6) is -1.04. The molecular formula is C28H40N4O4S. The molecule has 2 aromatic rings. The van der Waals surface area contributed by atoms with Crippen molar-refractivity contribution in [1.29, 1.82) is 0 Å². The first-order chi connectivity index (χ1) is 17.7. The van der Waals surface area contributed by atoms with Gasteiger partial charge >= 0.3 is 5.97 Å². The number of aromatic carboxylic acids is 1. The molecule has 2 aromatic carbocycles. The van der Waals surface area contributed by atoms with E-state index in [4.69, 9.17) is 0 Å². The van der Waals surface area contributed by atoms with Crippen LogP contribution in [0.4, 0.5) is 11.4 Å². The third-order valence-corrected chi connectivity index (χ3v) is 9.07. The van der Waals surface area contributed by atoms with E-state index in [1.165, 1.54) is 0 Å². The van der Waals surface area contributed by atoms with Crippen LogP contribution in [-0.2, 0) is 16.4 Å². The van der Waals surface area contributed by atoms with Gasteiger partial charge in [-0.3, -0.25) is 9.62 Å². The molecule has 9 heteroatoms. The largest absolute Gasteiger partial charge is 0.478 e. The summed E-state index contributed by atoms with van der Waals surface area (Å²) < 4.78 is 29.5. The van der Waals surface area contributed by atoms with Crippen LogP contribution >= 0.6 is 0 Å². The first kappa shape index (κ1) is 27.4. The van der Waals surface area contributed by atoms with Gasteiger partial charge in [-0.2, -0.15) is 0 Å². The molecule has 3 N–H and O–H groups in total. The molecule has 1 atom stereocenters. The van der Waals surface area contributed by atoms with E-state index in [1.807, 2.05) is 13.0 Å². The first-order valence-corrected chi connectivity index (χ1v) is 14.9. The predicted molar refractivity (Wildman–Crippen MR) is 148 cm³/mol. The van der Waals surface area contributed by atoms with Gasteiger partial charge in [-0.1, -0.05) is 25.1 Å². The monoisotopic (exact) mass is 528 g/mol. The number of nitrogens with one attached hydrogen (secondary N) is 2. The Morgan fingerprint density at radius 1 is 1.08 bits per heavy atom. The van der Waals surface area contributed by atoms with Crippen LogP contribution in [0.3, 0.4) is 0 Å². The van der Waals surface area contributed by atoms with E-state index in [0.717, 1.165) is 69.5 Å². The average molecular weight is 529 g/mol. The summed E-state index contributed by atoms with van der Waals surface area (Å²) >= 11 is 0. The number of hydrogen-bond donors (Lipinski definition) is 3. The smallest absolute Gasteiger partial charge is 0.338 e. The van der Waals surface area contributed by atoms with E-state index in [-0.39, 0.29) is 22.1 Å². The number of anilines is 2. The number of aryl methyl sites for hydroxylation is 1. The molecule has 1 unspecified atom stereocenters. The molecule has 0 saturated carbocycles. The Labute approximate surface area is 221 Å². The van der Waals surface area contributed by atoms with Crippen molar-refractivity contribution in [3.05, 3.63) is 53.1 Å².